The van der Waals surface area contributed by atoms with Gasteiger partial charge in [-0.3, -0.25) is 4.79 Å². The Balaban J connectivity index is 2.03. The van der Waals surface area contributed by atoms with Crippen molar-refractivity contribution < 1.29 is 9.90 Å². The zero-order valence-corrected chi connectivity index (χ0v) is 10.2. The van der Waals surface area contributed by atoms with Gasteiger partial charge in [0, 0.05) is 0 Å². The van der Waals surface area contributed by atoms with E-state index in [1.54, 1.807) is 0 Å². The first kappa shape index (κ1) is 11.9. The molecule has 2 nitrogen and oxygen atoms in total. The van der Waals surface area contributed by atoms with Crippen LogP contribution in [0.5, 0.6) is 0 Å². The zero-order valence-electron chi connectivity index (χ0n) is 10.2. The summed E-state index contributed by atoms with van der Waals surface area (Å²) in [6, 6.07) is 0. The summed E-state index contributed by atoms with van der Waals surface area (Å²) in [5.74, 6) is 0.190. The van der Waals surface area contributed by atoms with Crippen molar-refractivity contribution >= 4 is 5.97 Å². The van der Waals surface area contributed by atoms with Crippen LogP contribution in [0.4, 0.5) is 0 Å². The van der Waals surface area contributed by atoms with Crippen molar-refractivity contribution in [2.75, 3.05) is 0 Å². The Morgan fingerprint density at radius 2 is 1.56 bits per heavy atom. The van der Waals surface area contributed by atoms with Gasteiger partial charge in [0.05, 0.1) is 5.41 Å². The van der Waals surface area contributed by atoms with Gasteiger partial charge in [-0.25, -0.2) is 0 Å². The maximum absolute atomic E-state index is 11.6. The third-order valence-electron chi connectivity index (χ3n) is 4.67. The average Bonchev–Trinajstić information content (AvgIpc) is 2.62. The molecule has 0 unspecified atom stereocenters. The monoisotopic (exact) mass is 224 g/mol. The van der Waals surface area contributed by atoms with Crippen LogP contribution in [0, 0.1) is 11.3 Å². The highest BCUT2D eigenvalue weighted by Gasteiger charge is 2.40. The predicted molar refractivity (Wildman–Crippen MR) is 64.3 cm³/mol. The molecular formula is C14H24O2. The first-order valence-electron chi connectivity index (χ1n) is 6.96. The number of hydrogen-bond donors (Lipinski definition) is 1. The maximum atomic E-state index is 11.6. The van der Waals surface area contributed by atoms with Gasteiger partial charge in [-0.1, -0.05) is 51.4 Å². The summed E-state index contributed by atoms with van der Waals surface area (Å²) < 4.78 is 0. The van der Waals surface area contributed by atoms with Gasteiger partial charge in [0.2, 0.25) is 0 Å². The second-order valence-electron chi connectivity index (χ2n) is 5.85. The van der Waals surface area contributed by atoms with E-state index >= 15 is 0 Å². The molecule has 2 aliphatic rings. The van der Waals surface area contributed by atoms with Crippen LogP contribution < -0.4 is 0 Å². The maximum Gasteiger partial charge on any atom is 0.309 e. The van der Waals surface area contributed by atoms with Crippen LogP contribution >= 0.6 is 0 Å². The van der Waals surface area contributed by atoms with E-state index in [4.69, 9.17) is 0 Å². The van der Waals surface area contributed by atoms with E-state index in [9.17, 15) is 9.90 Å². The third kappa shape index (κ3) is 2.58. The summed E-state index contributed by atoms with van der Waals surface area (Å²) in [5, 5.41) is 9.57. The molecule has 0 atom stereocenters. The quantitative estimate of drug-likeness (QED) is 0.736. The molecular weight excluding hydrogens is 200 g/mol. The highest BCUT2D eigenvalue weighted by Crippen LogP contribution is 2.44. The normalized spacial score (nSPS) is 26.5. The molecule has 2 saturated carbocycles. The highest BCUT2D eigenvalue weighted by molar-refractivity contribution is 5.74. The van der Waals surface area contributed by atoms with Crippen molar-refractivity contribution in [2.24, 2.45) is 11.3 Å². The van der Waals surface area contributed by atoms with Gasteiger partial charge in [0.25, 0.3) is 0 Å². The van der Waals surface area contributed by atoms with E-state index in [2.05, 4.69) is 0 Å². The molecule has 0 spiro atoms. The first-order valence-corrected chi connectivity index (χ1v) is 6.96. The number of carbonyl (C=O) groups is 1. The molecule has 16 heavy (non-hydrogen) atoms. The lowest BCUT2D eigenvalue weighted by Crippen LogP contribution is -2.32. The van der Waals surface area contributed by atoms with E-state index in [0.29, 0.717) is 5.92 Å². The summed E-state index contributed by atoms with van der Waals surface area (Å²) in [5.41, 5.74) is -0.356. The van der Waals surface area contributed by atoms with Gasteiger partial charge >= 0.3 is 5.97 Å². The summed E-state index contributed by atoms with van der Waals surface area (Å²) >= 11 is 0. The van der Waals surface area contributed by atoms with Gasteiger partial charge in [-0.05, 0) is 25.2 Å². The third-order valence-corrected chi connectivity index (χ3v) is 4.67. The number of hydrogen-bond acceptors (Lipinski definition) is 1. The SMILES string of the molecule is O=C(O)C1(CC2CCCC2)CCCCCC1. The highest BCUT2D eigenvalue weighted by atomic mass is 16.4. The van der Waals surface area contributed by atoms with Crippen molar-refractivity contribution in [3.8, 4) is 0 Å². The van der Waals surface area contributed by atoms with E-state index in [1.165, 1.54) is 38.5 Å². The Morgan fingerprint density at radius 1 is 1.00 bits per heavy atom. The lowest BCUT2D eigenvalue weighted by atomic mass is 9.73. The minimum Gasteiger partial charge on any atom is -0.481 e. The molecule has 2 aliphatic carbocycles. The molecule has 2 rings (SSSR count). The zero-order chi connectivity index (χ0) is 11.4. The fourth-order valence-corrected chi connectivity index (χ4v) is 3.68. The molecule has 0 radical (unpaired) electrons. The minimum absolute atomic E-state index is 0.356. The van der Waals surface area contributed by atoms with Gasteiger partial charge < -0.3 is 5.11 Å². The Kier molecular flexibility index (Phi) is 3.88. The number of aliphatic carboxylic acids is 1. The number of carboxylic acid groups (broad SMARTS) is 1. The Labute approximate surface area is 98.4 Å². The van der Waals surface area contributed by atoms with Gasteiger partial charge in [0.15, 0.2) is 0 Å². The molecule has 0 aromatic heterocycles. The molecule has 0 aromatic rings. The molecule has 0 heterocycles. The average molecular weight is 224 g/mol. The fraction of sp³-hybridized carbons (Fsp3) is 0.929. The first-order chi connectivity index (χ1) is 7.73. The largest absolute Gasteiger partial charge is 0.481 e. The van der Waals surface area contributed by atoms with Gasteiger partial charge in [0.1, 0.15) is 0 Å². The van der Waals surface area contributed by atoms with Crippen LogP contribution in [0.1, 0.15) is 70.6 Å². The molecule has 1 N–H and O–H groups in total. The fourth-order valence-electron chi connectivity index (χ4n) is 3.68. The second-order valence-corrected chi connectivity index (χ2v) is 5.85. The molecule has 0 saturated heterocycles. The van der Waals surface area contributed by atoms with Crippen molar-refractivity contribution in [1.29, 1.82) is 0 Å². The minimum atomic E-state index is -0.513. The van der Waals surface area contributed by atoms with Crippen LogP contribution in [0.2, 0.25) is 0 Å². The van der Waals surface area contributed by atoms with Gasteiger partial charge in [-0.15, -0.1) is 0 Å². The van der Waals surface area contributed by atoms with Gasteiger partial charge in [-0.2, -0.15) is 0 Å². The van der Waals surface area contributed by atoms with Crippen molar-refractivity contribution in [3.05, 3.63) is 0 Å². The van der Waals surface area contributed by atoms with E-state index in [-0.39, 0.29) is 5.41 Å². The van der Waals surface area contributed by atoms with Crippen LogP contribution in [0.3, 0.4) is 0 Å². The smallest absolute Gasteiger partial charge is 0.309 e. The van der Waals surface area contributed by atoms with Crippen molar-refractivity contribution in [3.63, 3.8) is 0 Å². The van der Waals surface area contributed by atoms with Crippen molar-refractivity contribution in [2.45, 2.75) is 70.6 Å². The van der Waals surface area contributed by atoms with Crippen LogP contribution in [0.25, 0.3) is 0 Å². The lowest BCUT2D eigenvalue weighted by molar-refractivity contribution is -0.151. The molecule has 0 bridgehead atoms. The lowest BCUT2D eigenvalue weighted by Gasteiger charge is -2.30. The predicted octanol–water partition coefficient (Wildman–Crippen LogP) is 3.99. The molecule has 0 aromatic carbocycles. The van der Waals surface area contributed by atoms with Crippen molar-refractivity contribution in [1.82, 2.24) is 0 Å². The summed E-state index contributed by atoms with van der Waals surface area (Å²) in [6.45, 7) is 0. The molecule has 0 amide bonds. The number of carboxylic acids is 1. The van der Waals surface area contributed by atoms with Crippen LogP contribution in [-0.4, -0.2) is 11.1 Å². The standard InChI is InChI=1S/C14H24O2/c15-13(16)14(9-5-1-2-6-10-14)11-12-7-3-4-8-12/h12H,1-11H2,(H,15,16). The van der Waals surface area contributed by atoms with Crippen LogP contribution in [-0.2, 0) is 4.79 Å². The molecule has 0 aliphatic heterocycles. The van der Waals surface area contributed by atoms with E-state index in [0.717, 1.165) is 32.1 Å². The Bertz CT molecular complexity index is 233. The summed E-state index contributed by atoms with van der Waals surface area (Å²) in [4.78, 5) is 11.6. The topological polar surface area (TPSA) is 37.3 Å². The summed E-state index contributed by atoms with van der Waals surface area (Å²) in [7, 11) is 0. The Morgan fingerprint density at radius 3 is 2.06 bits per heavy atom. The second kappa shape index (κ2) is 5.20. The van der Waals surface area contributed by atoms with E-state index in [1.807, 2.05) is 0 Å². The van der Waals surface area contributed by atoms with Crippen LogP contribution in [0.15, 0.2) is 0 Å². The number of rotatable bonds is 3. The molecule has 92 valence electrons. The summed E-state index contributed by atoms with van der Waals surface area (Å²) in [6.07, 6.45) is 12.7. The molecule has 2 fully saturated rings. The van der Waals surface area contributed by atoms with E-state index < -0.39 is 5.97 Å². The molecule has 2 heteroatoms. The Hall–Kier alpha value is -0.530.